The Morgan fingerprint density at radius 1 is 1.27 bits per heavy atom. The van der Waals surface area contributed by atoms with Gasteiger partial charge in [0.2, 0.25) is 0 Å². The van der Waals surface area contributed by atoms with Crippen molar-refractivity contribution >= 4 is 39.0 Å². The van der Waals surface area contributed by atoms with Gasteiger partial charge in [-0.25, -0.2) is 14.4 Å². The van der Waals surface area contributed by atoms with Crippen molar-refractivity contribution in [3.05, 3.63) is 40.8 Å². The summed E-state index contributed by atoms with van der Waals surface area (Å²) < 4.78 is 19.4. The summed E-state index contributed by atoms with van der Waals surface area (Å²) in [6, 6.07) is 3.89. The van der Waals surface area contributed by atoms with E-state index in [1.54, 1.807) is 0 Å². The molecule has 11 heteroatoms. The number of aryl methyl sites for hydroxylation is 1. The van der Waals surface area contributed by atoms with Gasteiger partial charge in [0.15, 0.2) is 0 Å². The molecular weight excluding hydrogens is 449 g/mol. The summed E-state index contributed by atoms with van der Waals surface area (Å²) >= 11 is 1.27. The fraction of sp³-hybridized carbons (Fsp3) is 0.409. The predicted molar refractivity (Wildman–Crippen MR) is 126 cm³/mol. The van der Waals surface area contributed by atoms with Crippen molar-refractivity contribution < 1.29 is 24.1 Å². The van der Waals surface area contributed by atoms with Crippen LogP contribution < -0.4 is 15.4 Å². The minimum absolute atomic E-state index is 0.113. The standard InChI is InChI=1S/C22H28FN5O4S/c1-13-18-20(27-16-6-5-14(23)9-17(16)32-15(10-29)11-30)25-12-26-22(18)33-19(13)21(31)24-7-4-8-28(2)3/h5-6,9,12,15,29-30H,4,7-8,10-11H2,1-3H3,(H,24,31)(H,25,26,27). The van der Waals surface area contributed by atoms with E-state index in [1.807, 2.05) is 21.0 Å². The quantitative estimate of drug-likeness (QED) is 0.311. The van der Waals surface area contributed by atoms with Gasteiger partial charge in [0.25, 0.3) is 5.91 Å². The average molecular weight is 478 g/mol. The predicted octanol–water partition coefficient (Wildman–Crippen LogP) is 2.30. The molecule has 0 saturated carbocycles. The van der Waals surface area contributed by atoms with Crippen LogP contribution in [0.15, 0.2) is 24.5 Å². The Morgan fingerprint density at radius 3 is 2.73 bits per heavy atom. The number of aliphatic hydroxyl groups excluding tert-OH is 2. The fourth-order valence-corrected chi connectivity index (χ4v) is 4.26. The third-order valence-electron chi connectivity index (χ3n) is 4.90. The van der Waals surface area contributed by atoms with Crippen LogP contribution in [0.1, 0.15) is 21.7 Å². The summed E-state index contributed by atoms with van der Waals surface area (Å²) in [6.07, 6.45) is 1.32. The second-order valence-electron chi connectivity index (χ2n) is 7.74. The van der Waals surface area contributed by atoms with Crippen molar-refractivity contribution in [1.29, 1.82) is 0 Å². The van der Waals surface area contributed by atoms with Gasteiger partial charge in [-0.2, -0.15) is 0 Å². The Kier molecular flexibility index (Phi) is 8.50. The van der Waals surface area contributed by atoms with Crippen LogP contribution in [-0.4, -0.2) is 77.5 Å². The van der Waals surface area contributed by atoms with Crippen LogP contribution in [0.5, 0.6) is 5.75 Å². The van der Waals surface area contributed by atoms with Crippen LogP contribution in [0.2, 0.25) is 0 Å². The van der Waals surface area contributed by atoms with Crippen molar-refractivity contribution in [2.75, 3.05) is 45.7 Å². The van der Waals surface area contributed by atoms with Gasteiger partial charge in [0.05, 0.1) is 29.2 Å². The molecule has 2 aromatic heterocycles. The largest absolute Gasteiger partial charge is 0.483 e. The van der Waals surface area contributed by atoms with Crippen LogP contribution in [0.4, 0.5) is 15.9 Å². The van der Waals surface area contributed by atoms with Gasteiger partial charge in [0, 0.05) is 12.6 Å². The average Bonchev–Trinajstić information content (AvgIpc) is 3.14. The number of nitrogens with one attached hydrogen (secondary N) is 2. The van der Waals surface area contributed by atoms with Crippen molar-refractivity contribution in [3.63, 3.8) is 0 Å². The lowest BCUT2D eigenvalue weighted by Crippen LogP contribution is -2.26. The van der Waals surface area contributed by atoms with Gasteiger partial charge >= 0.3 is 0 Å². The van der Waals surface area contributed by atoms with E-state index in [-0.39, 0.29) is 11.7 Å². The van der Waals surface area contributed by atoms with Gasteiger partial charge in [-0.3, -0.25) is 4.79 Å². The number of ether oxygens (including phenoxy) is 1. The van der Waals surface area contributed by atoms with Gasteiger partial charge < -0.3 is 30.5 Å². The Morgan fingerprint density at radius 2 is 2.03 bits per heavy atom. The van der Waals surface area contributed by atoms with Gasteiger partial charge in [-0.05, 0) is 51.7 Å². The van der Waals surface area contributed by atoms with Crippen LogP contribution in [0.3, 0.4) is 0 Å². The highest BCUT2D eigenvalue weighted by molar-refractivity contribution is 7.20. The first kappa shape index (κ1) is 24.8. The van der Waals surface area contributed by atoms with E-state index >= 15 is 0 Å². The maximum Gasteiger partial charge on any atom is 0.261 e. The molecule has 9 nitrogen and oxygen atoms in total. The lowest BCUT2D eigenvalue weighted by atomic mass is 10.2. The van der Waals surface area contributed by atoms with Crippen molar-refractivity contribution in [2.45, 2.75) is 19.4 Å². The van der Waals surface area contributed by atoms with E-state index in [0.717, 1.165) is 24.6 Å². The van der Waals surface area contributed by atoms with Gasteiger partial charge in [-0.15, -0.1) is 11.3 Å². The lowest BCUT2D eigenvalue weighted by molar-refractivity contribution is 0.0632. The smallest absolute Gasteiger partial charge is 0.261 e. The van der Waals surface area contributed by atoms with E-state index in [0.29, 0.717) is 33.1 Å². The Hall–Kier alpha value is -2.86. The molecule has 1 aromatic carbocycles. The van der Waals surface area contributed by atoms with E-state index in [9.17, 15) is 19.4 Å². The van der Waals surface area contributed by atoms with Gasteiger partial charge in [0.1, 0.15) is 34.6 Å². The third-order valence-corrected chi connectivity index (χ3v) is 6.10. The highest BCUT2D eigenvalue weighted by atomic mass is 32.1. The number of carbonyl (C=O) groups excluding carboxylic acids is 1. The maximum atomic E-state index is 13.8. The first-order valence-corrected chi connectivity index (χ1v) is 11.3. The van der Waals surface area contributed by atoms with E-state index < -0.39 is 25.1 Å². The Labute approximate surface area is 195 Å². The zero-order valence-corrected chi connectivity index (χ0v) is 19.6. The summed E-state index contributed by atoms with van der Waals surface area (Å²) in [5, 5.41) is 25.4. The number of thiophene rings is 1. The summed E-state index contributed by atoms with van der Waals surface area (Å²) in [5.74, 6) is -0.152. The number of fused-ring (bicyclic) bond motifs is 1. The molecule has 3 rings (SSSR count). The fourth-order valence-electron chi connectivity index (χ4n) is 3.20. The topological polar surface area (TPSA) is 120 Å². The molecule has 0 unspecified atom stereocenters. The molecule has 178 valence electrons. The number of aromatic nitrogens is 2. The normalized spacial score (nSPS) is 11.4. The second kappa shape index (κ2) is 11.3. The number of hydrogen-bond donors (Lipinski definition) is 4. The molecule has 2 heterocycles. The zero-order valence-electron chi connectivity index (χ0n) is 18.8. The Bertz CT molecular complexity index is 1100. The zero-order chi connectivity index (χ0) is 24.0. The molecule has 0 bridgehead atoms. The van der Waals surface area contributed by atoms with Crippen LogP contribution in [-0.2, 0) is 0 Å². The van der Waals surface area contributed by atoms with Crippen molar-refractivity contribution in [2.24, 2.45) is 0 Å². The number of amides is 1. The molecule has 0 spiro atoms. The van der Waals surface area contributed by atoms with Crippen LogP contribution in [0, 0.1) is 12.7 Å². The third kappa shape index (κ3) is 6.14. The van der Waals surface area contributed by atoms with E-state index in [2.05, 4.69) is 25.5 Å². The molecule has 0 aliphatic carbocycles. The SMILES string of the molecule is Cc1c(C(=O)NCCCN(C)C)sc2ncnc(Nc3ccc(F)cc3OC(CO)CO)c12. The van der Waals surface area contributed by atoms with Crippen molar-refractivity contribution in [3.8, 4) is 5.75 Å². The number of carbonyl (C=O) groups is 1. The first-order valence-electron chi connectivity index (χ1n) is 10.5. The van der Waals surface area contributed by atoms with Gasteiger partial charge in [-0.1, -0.05) is 0 Å². The van der Waals surface area contributed by atoms with Crippen molar-refractivity contribution in [1.82, 2.24) is 20.2 Å². The number of anilines is 2. The van der Waals surface area contributed by atoms with E-state index in [1.165, 1.54) is 29.8 Å². The number of benzene rings is 1. The molecule has 33 heavy (non-hydrogen) atoms. The molecule has 0 aliphatic rings. The summed E-state index contributed by atoms with van der Waals surface area (Å²) in [5.41, 5.74) is 1.12. The number of rotatable bonds is 11. The summed E-state index contributed by atoms with van der Waals surface area (Å²) in [6.45, 7) is 2.41. The number of halogens is 1. The second-order valence-corrected chi connectivity index (χ2v) is 8.74. The molecule has 0 atom stereocenters. The molecule has 4 N–H and O–H groups in total. The maximum absolute atomic E-state index is 13.8. The summed E-state index contributed by atoms with van der Waals surface area (Å²) in [7, 11) is 3.97. The molecule has 0 radical (unpaired) electrons. The highest BCUT2D eigenvalue weighted by Crippen LogP contribution is 2.36. The Balaban J connectivity index is 1.87. The molecule has 1 amide bonds. The van der Waals surface area contributed by atoms with Crippen LogP contribution in [0.25, 0.3) is 10.2 Å². The lowest BCUT2D eigenvalue weighted by Gasteiger charge is -2.18. The highest BCUT2D eigenvalue weighted by Gasteiger charge is 2.20. The van der Waals surface area contributed by atoms with Crippen LogP contribution >= 0.6 is 11.3 Å². The number of aliphatic hydroxyl groups is 2. The molecule has 3 aromatic rings. The van der Waals surface area contributed by atoms with E-state index in [4.69, 9.17) is 4.74 Å². The minimum atomic E-state index is -0.900. The molecule has 0 aliphatic heterocycles. The minimum Gasteiger partial charge on any atom is -0.483 e. The molecular formula is C22H28FN5O4S. The molecule has 0 fully saturated rings. The number of nitrogens with zero attached hydrogens (tertiary/aromatic N) is 3. The molecule has 0 saturated heterocycles. The monoisotopic (exact) mass is 477 g/mol. The summed E-state index contributed by atoms with van der Waals surface area (Å²) in [4.78, 5) is 24.6. The number of hydrogen-bond acceptors (Lipinski definition) is 9. The first-order chi connectivity index (χ1) is 15.8.